The van der Waals surface area contributed by atoms with E-state index in [9.17, 15) is 8.42 Å². The summed E-state index contributed by atoms with van der Waals surface area (Å²) in [5.41, 5.74) is 6.00. The first-order valence-electron chi connectivity index (χ1n) is 6.48. The maximum atomic E-state index is 12.7. The van der Waals surface area contributed by atoms with Crippen molar-refractivity contribution in [2.45, 2.75) is 23.8 Å². The van der Waals surface area contributed by atoms with Gasteiger partial charge in [0.25, 0.3) is 0 Å². The second kappa shape index (κ2) is 6.58. The highest BCUT2D eigenvalue weighted by atomic mass is 35.5. The van der Waals surface area contributed by atoms with Crippen LogP contribution in [0.5, 0.6) is 0 Å². The monoisotopic (exact) mass is 348 g/mol. The highest BCUT2D eigenvalue weighted by Gasteiger charge is 2.37. The van der Waals surface area contributed by atoms with Gasteiger partial charge in [0.15, 0.2) is 0 Å². The lowest BCUT2D eigenvalue weighted by Crippen LogP contribution is -2.35. The first-order chi connectivity index (χ1) is 9.87. The number of hydrogen-bond donors (Lipinski definition) is 1. The van der Waals surface area contributed by atoms with Crippen LogP contribution in [0.1, 0.15) is 18.4 Å². The van der Waals surface area contributed by atoms with Crippen molar-refractivity contribution in [1.82, 2.24) is 4.31 Å². The Hall–Kier alpha value is -0.730. The van der Waals surface area contributed by atoms with Gasteiger partial charge in [0.05, 0.1) is 16.5 Å². The third kappa shape index (κ3) is 3.73. The summed E-state index contributed by atoms with van der Waals surface area (Å²) in [6.45, 7) is 0.687. The number of methoxy groups -OCH3 is 1. The molecule has 1 fully saturated rings. The minimum absolute atomic E-state index is 0.0548. The van der Waals surface area contributed by atoms with Crippen LogP contribution in [0.3, 0.4) is 0 Å². The Balaban J connectivity index is 2.33. The number of benzene rings is 1. The molecule has 8 heteroatoms. The number of nitrogens with zero attached hydrogens (tertiary/aromatic N) is 1. The topological polar surface area (TPSA) is 72.6 Å². The predicted molar refractivity (Wildman–Crippen MR) is 86.1 cm³/mol. The Bertz CT molecular complexity index is 645. The molecule has 2 rings (SSSR count). The van der Waals surface area contributed by atoms with Crippen molar-refractivity contribution in [3.63, 3.8) is 0 Å². The van der Waals surface area contributed by atoms with E-state index < -0.39 is 10.0 Å². The number of hydrogen-bond acceptors (Lipinski definition) is 4. The first kappa shape index (κ1) is 16.6. The zero-order valence-electron chi connectivity index (χ0n) is 11.6. The van der Waals surface area contributed by atoms with E-state index in [0.29, 0.717) is 18.7 Å². The lowest BCUT2D eigenvalue weighted by molar-refractivity contribution is 0.177. The van der Waals surface area contributed by atoms with Crippen molar-refractivity contribution in [3.8, 4) is 0 Å². The normalized spacial score (nSPS) is 15.4. The summed E-state index contributed by atoms with van der Waals surface area (Å²) in [6.07, 6.45) is 1.75. The van der Waals surface area contributed by atoms with E-state index in [1.165, 1.54) is 16.4 Å². The van der Waals surface area contributed by atoms with E-state index in [1.54, 1.807) is 13.2 Å². The summed E-state index contributed by atoms with van der Waals surface area (Å²) >= 11 is 10.9. The fraction of sp³-hybridized carbons (Fsp3) is 0.462. The van der Waals surface area contributed by atoms with Crippen LogP contribution in [-0.4, -0.2) is 44.0 Å². The molecule has 0 amide bonds. The maximum Gasteiger partial charge on any atom is 0.243 e. The van der Waals surface area contributed by atoms with E-state index in [-0.39, 0.29) is 20.9 Å². The molecule has 2 N–H and O–H groups in total. The van der Waals surface area contributed by atoms with Gasteiger partial charge in [0.2, 0.25) is 10.0 Å². The summed E-state index contributed by atoms with van der Waals surface area (Å²) in [6, 6.07) is 4.48. The number of ether oxygens (including phenoxy) is 1. The van der Waals surface area contributed by atoms with Crippen LogP contribution in [0.15, 0.2) is 23.1 Å². The van der Waals surface area contributed by atoms with E-state index in [4.69, 9.17) is 34.3 Å². The van der Waals surface area contributed by atoms with Gasteiger partial charge in [0.1, 0.15) is 4.99 Å². The standard InChI is InChI=1S/C13H17ClN2O3S2/c1-19-7-6-16(9-2-3-9)21(17,18)10-4-5-11(13(15)20)12(14)8-10/h4-5,8-9H,2-3,6-7H2,1H3,(H2,15,20). The van der Waals surface area contributed by atoms with E-state index in [1.807, 2.05) is 0 Å². The Labute approximate surface area is 135 Å². The van der Waals surface area contributed by atoms with Gasteiger partial charge in [0, 0.05) is 25.3 Å². The molecule has 0 saturated heterocycles. The van der Waals surface area contributed by atoms with Gasteiger partial charge in [-0.2, -0.15) is 4.31 Å². The number of nitrogens with two attached hydrogens (primary N) is 1. The molecule has 5 nitrogen and oxygen atoms in total. The van der Waals surface area contributed by atoms with Gasteiger partial charge in [-0.1, -0.05) is 23.8 Å². The Morgan fingerprint density at radius 3 is 2.67 bits per heavy atom. The van der Waals surface area contributed by atoms with Crippen LogP contribution in [0.2, 0.25) is 5.02 Å². The van der Waals surface area contributed by atoms with Gasteiger partial charge in [-0.15, -0.1) is 0 Å². The second-order valence-corrected chi connectivity index (χ2v) is 7.58. The summed E-state index contributed by atoms with van der Waals surface area (Å²) in [5.74, 6) is 0. The number of thiocarbonyl (C=S) groups is 1. The predicted octanol–water partition coefficient (Wildman–Crippen LogP) is 1.77. The number of rotatable bonds is 7. The fourth-order valence-corrected chi connectivity index (χ4v) is 4.31. The summed E-state index contributed by atoms with van der Waals surface area (Å²) in [4.78, 5) is 0.290. The van der Waals surface area contributed by atoms with E-state index in [2.05, 4.69) is 0 Å². The third-order valence-electron chi connectivity index (χ3n) is 3.28. The minimum atomic E-state index is -3.59. The molecule has 0 unspecified atom stereocenters. The number of halogens is 1. The summed E-state index contributed by atoms with van der Waals surface area (Å²) in [5, 5.41) is 0.242. The van der Waals surface area contributed by atoms with Crippen LogP contribution < -0.4 is 5.73 Å². The molecule has 1 aromatic carbocycles. The molecule has 0 spiro atoms. The maximum absolute atomic E-state index is 12.7. The van der Waals surface area contributed by atoms with Crippen molar-refractivity contribution in [2.75, 3.05) is 20.3 Å². The molecule has 0 heterocycles. The Morgan fingerprint density at radius 2 is 2.19 bits per heavy atom. The fourth-order valence-electron chi connectivity index (χ4n) is 2.03. The smallest absolute Gasteiger partial charge is 0.243 e. The first-order valence-corrected chi connectivity index (χ1v) is 8.70. The van der Waals surface area contributed by atoms with E-state index in [0.717, 1.165) is 12.8 Å². The third-order valence-corrected chi connectivity index (χ3v) is 5.76. The second-order valence-electron chi connectivity index (χ2n) is 4.85. The minimum Gasteiger partial charge on any atom is -0.389 e. The van der Waals surface area contributed by atoms with Crippen molar-refractivity contribution in [3.05, 3.63) is 28.8 Å². The average Bonchev–Trinajstić information content (AvgIpc) is 3.23. The van der Waals surface area contributed by atoms with Crippen molar-refractivity contribution < 1.29 is 13.2 Å². The van der Waals surface area contributed by atoms with Crippen LogP contribution >= 0.6 is 23.8 Å². The molecule has 0 bridgehead atoms. The molecule has 1 aliphatic rings. The van der Waals surface area contributed by atoms with Crippen molar-refractivity contribution in [2.24, 2.45) is 5.73 Å². The van der Waals surface area contributed by atoms with Gasteiger partial charge in [-0.05, 0) is 31.0 Å². The lowest BCUT2D eigenvalue weighted by Gasteiger charge is -2.21. The molecular formula is C13H17ClN2O3S2. The Morgan fingerprint density at radius 1 is 1.52 bits per heavy atom. The summed E-state index contributed by atoms with van der Waals surface area (Å²) in [7, 11) is -2.04. The molecule has 116 valence electrons. The lowest BCUT2D eigenvalue weighted by atomic mass is 10.2. The quantitative estimate of drug-likeness (QED) is 0.760. The van der Waals surface area contributed by atoms with Gasteiger partial charge < -0.3 is 10.5 Å². The molecule has 0 aliphatic heterocycles. The molecule has 1 aromatic rings. The molecule has 1 saturated carbocycles. The van der Waals surface area contributed by atoms with Gasteiger partial charge in [-0.3, -0.25) is 0 Å². The highest BCUT2D eigenvalue weighted by molar-refractivity contribution is 7.89. The zero-order chi connectivity index (χ0) is 15.6. The van der Waals surface area contributed by atoms with Crippen molar-refractivity contribution >= 4 is 38.8 Å². The van der Waals surface area contributed by atoms with Gasteiger partial charge in [-0.25, -0.2) is 8.42 Å². The molecule has 0 radical (unpaired) electrons. The molecular weight excluding hydrogens is 332 g/mol. The molecule has 0 atom stereocenters. The average molecular weight is 349 g/mol. The Kier molecular flexibility index (Phi) is 5.21. The van der Waals surface area contributed by atoms with Crippen LogP contribution in [0.4, 0.5) is 0 Å². The molecule has 21 heavy (non-hydrogen) atoms. The molecule has 1 aliphatic carbocycles. The molecule has 0 aromatic heterocycles. The van der Waals surface area contributed by atoms with Gasteiger partial charge >= 0.3 is 0 Å². The van der Waals surface area contributed by atoms with Crippen LogP contribution in [0.25, 0.3) is 0 Å². The van der Waals surface area contributed by atoms with Crippen molar-refractivity contribution in [1.29, 1.82) is 0 Å². The largest absolute Gasteiger partial charge is 0.389 e. The zero-order valence-corrected chi connectivity index (χ0v) is 14.0. The van der Waals surface area contributed by atoms with E-state index >= 15 is 0 Å². The SMILES string of the molecule is COCCN(C1CC1)S(=O)(=O)c1ccc(C(N)=S)c(Cl)c1. The van der Waals surface area contributed by atoms with Crippen LogP contribution in [-0.2, 0) is 14.8 Å². The van der Waals surface area contributed by atoms with Crippen LogP contribution in [0, 0.1) is 0 Å². The summed E-state index contributed by atoms with van der Waals surface area (Å²) < 4.78 is 31.9. The highest BCUT2D eigenvalue weighted by Crippen LogP contribution is 2.32. The number of sulfonamides is 1.